The van der Waals surface area contributed by atoms with Gasteiger partial charge in [0.15, 0.2) is 0 Å². The van der Waals surface area contributed by atoms with Crippen LogP contribution >= 0.6 is 0 Å². The van der Waals surface area contributed by atoms with Crippen molar-refractivity contribution in [3.05, 3.63) is 67.9 Å². The molecule has 0 bridgehead atoms. The number of rotatable bonds is 4. The van der Waals surface area contributed by atoms with E-state index >= 15 is 0 Å². The number of carbonyl (C=O) groups is 1. The molecule has 1 N–H and O–H groups in total. The lowest BCUT2D eigenvalue weighted by atomic mass is 10.1. The smallest absolute Gasteiger partial charge is 0.289 e. The first kappa shape index (κ1) is 15.0. The molecule has 0 spiro atoms. The number of nitro groups is 2. The molecule has 0 saturated heterocycles. The van der Waals surface area contributed by atoms with Gasteiger partial charge in [-0.25, -0.2) is 4.98 Å². The Morgan fingerprint density at radius 1 is 1.18 bits per heavy atom. The van der Waals surface area contributed by atoms with Gasteiger partial charge in [-0.15, -0.1) is 0 Å². The highest BCUT2D eigenvalue weighted by Gasteiger charge is 2.24. The Morgan fingerprint density at radius 2 is 1.91 bits per heavy atom. The summed E-state index contributed by atoms with van der Waals surface area (Å²) in [7, 11) is 0. The normalized spacial score (nSPS) is 10.0. The Morgan fingerprint density at radius 3 is 2.50 bits per heavy atom. The third-order valence-electron chi connectivity index (χ3n) is 2.87. The number of hydrogen-bond acceptors (Lipinski definition) is 6. The molecular weight excluding hydrogens is 292 g/mol. The SMILES string of the molecule is Cc1cccnc1NC(=O)c1ccc([N+](=O)[O-])cc1[N+](=O)[O-]. The third-order valence-corrected chi connectivity index (χ3v) is 2.87. The summed E-state index contributed by atoms with van der Waals surface area (Å²) < 4.78 is 0. The van der Waals surface area contributed by atoms with Crippen LogP contribution in [-0.4, -0.2) is 20.7 Å². The zero-order valence-electron chi connectivity index (χ0n) is 11.3. The van der Waals surface area contributed by atoms with Crippen LogP contribution in [0.4, 0.5) is 17.2 Å². The van der Waals surface area contributed by atoms with Crippen molar-refractivity contribution in [3.8, 4) is 0 Å². The van der Waals surface area contributed by atoms with E-state index < -0.39 is 27.1 Å². The molecule has 1 aromatic carbocycles. The van der Waals surface area contributed by atoms with Gasteiger partial charge in [0.1, 0.15) is 11.4 Å². The summed E-state index contributed by atoms with van der Waals surface area (Å²) in [5.41, 5.74) is -0.696. The predicted octanol–water partition coefficient (Wildman–Crippen LogP) is 2.46. The average Bonchev–Trinajstić information content (AvgIpc) is 2.48. The maximum atomic E-state index is 12.1. The van der Waals surface area contributed by atoms with Gasteiger partial charge in [0.05, 0.1) is 15.9 Å². The highest BCUT2D eigenvalue weighted by Crippen LogP contribution is 2.25. The van der Waals surface area contributed by atoms with Crippen molar-refractivity contribution in [1.82, 2.24) is 4.98 Å². The Labute approximate surface area is 123 Å². The summed E-state index contributed by atoms with van der Waals surface area (Å²) in [6.07, 6.45) is 1.47. The fraction of sp³-hybridized carbons (Fsp3) is 0.0769. The Kier molecular flexibility index (Phi) is 4.07. The fourth-order valence-electron chi connectivity index (χ4n) is 1.77. The van der Waals surface area contributed by atoms with Crippen LogP contribution in [0, 0.1) is 27.2 Å². The lowest BCUT2D eigenvalue weighted by Gasteiger charge is -2.07. The second-order valence-corrected chi connectivity index (χ2v) is 4.34. The number of nitrogens with zero attached hydrogens (tertiary/aromatic N) is 3. The number of pyridine rings is 1. The minimum absolute atomic E-state index is 0.264. The molecule has 22 heavy (non-hydrogen) atoms. The van der Waals surface area contributed by atoms with Crippen molar-refractivity contribution in [1.29, 1.82) is 0 Å². The first-order valence-electron chi connectivity index (χ1n) is 6.06. The molecule has 112 valence electrons. The van der Waals surface area contributed by atoms with Crippen molar-refractivity contribution in [2.75, 3.05) is 5.32 Å². The molecule has 9 nitrogen and oxygen atoms in total. The van der Waals surface area contributed by atoms with Gasteiger partial charge < -0.3 is 5.32 Å². The monoisotopic (exact) mass is 302 g/mol. The molecule has 0 saturated carbocycles. The standard InChI is InChI=1S/C13H10N4O5/c1-8-3-2-6-14-12(8)15-13(18)10-5-4-9(16(19)20)7-11(10)17(21)22/h2-7H,1H3,(H,14,15,18). The van der Waals surface area contributed by atoms with Gasteiger partial charge in [0.25, 0.3) is 17.3 Å². The maximum absolute atomic E-state index is 12.1. The van der Waals surface area contributed by atoms with Crippen LogP contribution in [0.15, 0.2) is 36.5 Å². The topological polar surface area (TPSA) is 128 Å². The molecule has 0 aliphatic carbocycles. The fourth-order valence-corrected chi connectivity index (χ4v) is 1.77. The summed E-state index contributed by atoms with van der Waals surface area (Å²) in [5, 5.41) is 24.1. The van der Waals surface area contributed by atoms with Crippen molar-refractivity contribution in [2.24, 2.45) is 0 Å². The molecule has 2 rings (SSSR count). The molecular formula is C13H10N4O5. The quantitative estimate of drug-likeness (QED) is 0.682. The van der Waals surface area contributed by atoms with Gasteiger partial charge in [-0.1, -0.05) is 6.07 Å². The molecule has 0 fully saturated rings. The number of anilines is 1. The summed E-state index contributed by atoms with van der Waals surface area (Å²) in [6, 6.07) is 6.23. The Balaban J connectivity index is 2.39. The number of aryl methyl sites for hydroxylation is 1. The van der Waals surface area contributed by atoms with Gasteiger partial charge >= 0.3 is 0 Å². The summed E-state index contributed by atoms with van der Waals surface area (Å²) in [6.45, 7) is 1.72. The van der Waals surface area contributed by atoms with Gasteiger partial charge in [0, 0.05) is 12.3 Å². The Hall–Kier alpha value is -3.36. The van der Waals surface area contributed by atoms with Gasteiger partial charge in [-0.3, -0.25) is 25.0 Å². The average molecular weight is 302 g/mol. The highest BCUT2D eigenvalue weighted by atomic mass is 16.6. The van der Waals surface area contributed by atoms with E-state index in [1.807, 2.05) is 0 Å². The van der Waals surface area contributed by atoms with Gasteiger partial charge in [-0.05, 0) is 24.6 Å². The molecule has 0 unspecified atom stereocenters. The van der Waals surface area contributed by atoms with Gasteiger partial charge in [0.2, 0.25) is 0 Å². The molecule has 2 aromatic rings. The van der Waals surface area contributed by atoms with E-state index in [0.29, 0.717) is 5.56 Å². The zero-order valence-corrected chi connectivity index (χ0v) is 11.3. The molecule has 0 aliphatic heterocycles. The van der Waals surface area contributed by atoms with E-state index in [9.17, 15) is 25.0 Å². The molecule has 0 atom stereocenters. The summed E-state index contributed by atoms with van der Waals surface area (Å²) in [4.78, 5) is 36.2. The van der Waals surface area contributed by atoms with E-state index in [1.165, 1.54) is 6.20 Å². The summed E-state index contributed by atoms with van der Waals surface area (Å²) in [5.74, 6) is -0.497. The van der Waals surface area contributed by atoms with E-state index in [2.05, 4.69) is 10.3 Å². The third kappa shape index (κ3) is 3.03. The van der Waals surface area contributed by atoms with Crippen molar-refractivity contribution in [3.63, 3.8) is 0 Å². The molecule has 1 aromatic heterocycles. The minimum atomic E-state index is -0.840. The predicted molar refractivity (Wildman–Crippen MR) is 76.7 cm³/mol. The van der Waals surface area contributed by atoms with E-state index in [1.54, 1.807) is 19.1 Å². The van der Waals surface area contributed by atoms with E-state index in [-0.39, 0.29) is 11.4 Å². The van der Waals surface area contributed by atoms with E-state index in [0.717, 1.165) is 18.2 Å². The van der Waals surface area contributed by atoms with E-state index in [4.69, 9.17) is 0 Å². The van der Waals surface area contributed by atoms with Crippen LogP contribution in [0.25, 0.3) is 0 Å². The summed E-state index contributed by atoms with van der Waals surface area (Å²) >= 11 is 0. The van der Waals surface area contributed by atoms with Crippen LogP contribution in [0.5, 0.6) is 0 Å². The second-order valence-electron chi connectivity index (χ2n) is 4.34. The number of nitro benzene ring substituents is 2. The first-order chi connectivity index (χ1) is 10.4. The number of amides is 1. The zero-order chi connectivity index (χ0) is 16.3. The number of nitrogens with one attached hydrogen (secondary N) is 1. The van der Waals surface area contributed by atoms with Crippen LogP contribution in [-0.2, 0) is 0 Å². The number of hydrogen-bond donors (Lipinski definition) is 1. The lowest BCUT2D eigenvalue weighted by Crippen LogP contribution is -2.15. The molecule has 0 aliphatic rings. The second kappa shape index (κ2) is 5.95. The Bertz CT molecular complexity index is 775. The van der Waals surface area contributed by atoms with Crippen molar-refractivity contribution >= 4 is 23.1 Å². The largest absolute Gasteiger partial charge is 0.306 e. The number of benzene rings is 1. The maximum Gasteiger partial charge on any atom is 0.289 e. The highest BCUT2D eigenvalue weighted by molar-refractivity contribution is 6.07. The van der Waals surface area contributed by atoms with Crippen LogP contribution in [0.2, 0.25) is 0 Å². The van der Waals surface area contributed by atoms with Crippen LogP contribution in [0.3, 0.4) is 0 Å². The number of aromatic nitrogens is 1. The first-order valence-corrected chi connectivity index (χ1v) is 6.06. The number of non-ortho nitro benzene ring substituents is 1. The molecule has 1 amide bonds. The lowest BCUT2D eigenvalue weighted by molar-refractivity contribution is -0.394. The molecule has 9 heteroatoms. The molecule has 0 radical (unpaired) electrons. The van der Waals surface area contributed by atoms with Crippen molar-refractivity contribution < 1.29 is 14.6 Å². The molecule has 1 heterocycles. The minimum Gasteiger partial charge on any atom is -0.306 e. The van der Waals surface area contributed by atoms with Crippen LogP contribution in [0.1, 0.15) is 15.9 Å². The number of carbonyl (C=O) groups excluding carboxylic acids is 1. The van der Waals surface area contributed by atoms with Crippen molar-refractivity contribution in [2.45, 2.75) is 6.92 Å². The van der Waals surface area contributed by atoms with Crippen LogP contribution < -0.4 is 5.32 Å². The van der Waals surface area contributed by atoms with Gasteiger partial charge in [-0.2, -0.15) is 0 Å².